The second-order valence-electron chi connectivity index (χ2n) is 5.91. The lowest BCUT2D eigenvalue weighted by molar-refractivity contribution is 0.000106. The number of fused-ring (bicyclic) bond motifs is 7. The van der Waals surface area contributed by atoms with Crippen LogP contribution in [0, 0.1) is 0 Å². The highest BCUT2D eigenvalue weighted by atomic mass is 16.6. The van der Waals surface area contributed by atoms with Crippen molar-refractivity contribution in [2.24, 2.45) is 0 Å². The van der Waals surface area contributed by atoms with E-state index in [2.05, 4.69) is 24.3 Å². The van der Waals surface area contributed by atoms with Crippen molar-refractivity contribution < 1.29 is 14.9 Å². The zero-order chi connectivity index (χ0) is 14.1. The Balaban J connectivity index is 1.89. The maximum Gasteiger partial charge on any atom is 0.118 e. The number of benzene rings is 3. The summed E-state index contributed by atoms with van der Waals surface area (Å²) in [5.74, 6) is 0. The SMILES string of the molecule is O[C@@H]1[C@H]2O[C@H]2c2c(ccc3c2ccc2ccccc23)[C@H]1O. The van der Waals surface area contributed by atoms with Gasteiger partial charge in [0.2, 0.25) is 0 Å². The van der Waals surface area contributed by atoms with Crippen molar-refractivity contribution in [3.05, 3.63) is 59.7 Å². The number of hydrogen-bond acceptors (Lipinski definition) is 3. The molecule has 3 nitrogen and oxygen atoms in total. The molecule has 3 heteroatoms. The van der Waals surface area contributed by atoms with Crippen LogP contribution in [0.4, 0.5) is 0 Å². The summed E-state index contributed by atoms with van der Waals surface area (Å²) in [6.45, 7) is 0. The molecule has 104 valence electrons. The van der Waals surface area contributed by atoms with Crippen molar-refractivity contribution in [3.8, 4) is 0 Å². The average molecular weight is 278 g/mol. The maximum absolute atomic E-state index is 10.3. The molecule has 1 fully saturated rings. The van der Waals surface area contributed by atoms with E-state index in [1.165, 1.54) is 16.2 Å². The summed E-state index contributed by atoms with van der Waals surface area (Å²) >= 11 is 0. The Morgan fingerprint density at radius 2 is 1.62 bits per heavy atom. The van der Waals surface area contributed by atoms with Crippen LogP contribution in [0.1, 0.15) is 23.3 Å². The molecule has 21 heavy (non-hydrogen) atoms. The molecule has 1 aliphatic heterocycles. The van der Waals surface area contributed by atoms with E-state index < -0.39 is 12.2 Å². The molecule has 0 bridgehead atoms. The predicted octanol–water partition coefficient (Wildman–Crippen LogP) is 2.84. The first-order valence-electron chi connectivity index (χ1n) is 7.21. The lowest BCUT2D eigenvalue weighted by Gasteiger charge is -2.24. The van der Waals surface area contributed by atoms with E-state index in [1.807, 2.05) is 24.3 Å². The van der Waals surface area contributed by atoms with Crippen LogP contribution >= 0.6 is 0 Å². The highest BCUT2D eigenvalue weighted by Gasteiger charge is 2.54. The fourth-order valence-corrected chi connectivity index (χ4v) is 3.68. The third kappa shape index (κ3) is 1.43. The Morgan fingerprint density at radius 3 is 2.52 bits per heavy atom. The first-order chi connectivity index (χ1) is 10.3. The van der Waals surface area contributed by atoms with Crippen LogP contribution in [0.15, 0.2) is 48.5 Å². The Bertz CT molecular complexity index is 886. The molecular weight excluding hydrogens is 264 g/mol. The van der Waals surface area contributed by atoms with Gasteiger partial charge in [-0.25, -0.2) is 0 Å². The van der Waals surface area contributed by atoms with Gasteiger partial charge in [-0.05, 0) is 32.7 Å². The van der Waals surface area contributed by atoms with E-state index >= 15 is 0 Å². The largest absolute Gasteiger partial charge is 0.387 e. The normalized spacial score (nSPS) is 30.2. The third-order valence-corrected chi connectivity index (χ3v) is 4.79. The second kappa shape index (κ2) is 3.83. The van der Waals surface area contributed by atoms with Crippen LogP contribution in [0.5, 0.6) is 0 Å². The fourth-order valence-electron chi connectivity index (χ4n) is 3.68. The quantitative estimate of drug-likeness (QED) is 0.491. The molecule has 3 aromatic carbocycles. The van der Waals surface area contributed by atoms with Crippen molar-refractivity contribution in [3.63, 3.8) is 0 Å². The van der Waals surface area contributed by atoms with Crippen molar-refractivity contribution in [1.29, 1.82) is 0 Å². The van der Waals surface area contributed by atoms with E-state index in [0.717, 1.165) is 16.5 Å². The molecule has 2 aliphatic rings. The summed E-state index contributed by atoms with van der Waals surface area (Å²) in [4.78, 5) is 0. The number of aliphatic hydroxyl groups is 2. The molecular formula is C18H14O3. The molecule has 1 saturated heterocycles. The monoisotopic (exact) mass is 278 g/mol. The topological polar surface area (TPSA) is 53.0 Å². The van der Waals surface area contributed by atoms with Gasteiger partial charge in [-0.3, -0.25) is 0 Å². The molecule has 5 rings (SSSR count). The lowest BCUT2D eigenvalue weighted by atomic mass is 9.83. The van der Waals surface area contributed by atoms with Crippen molar-refractivity contribution in [2.75, 3.05) is 0 Å². The van der Waals surface area contributed by atoms with Gasteiger partial charge in [-0.1, -0.05) is 48.5 Å². The zero-order valence-corrected chi connectivity index (χ0v) is 11.2. The van der Waals surface area contributed by atoms with E-state index in [4.69, 9.17) is 4.74 Å². The van der Waals surface area contributed by atoms with Gasteiger partial charge in [-0.15, -0.1) is 0 Å². The highest BCUT2D eigenvalue weighted by Crippen LogP contribution is 2.53. The number of hydrogen-bond donors (Lipinski definition) is 2. The van der Waals surface area contributed by atoms with Gasteiger partial charge in [0.1, 0.15) is 24.4 Å². The second-order valence-corrected chi connectivity index (χ2v) is 5.91. The number of aliphatic hydroxyl groups excluding tert-OH is 2. The molecule has 0 radical (unpaired) electrons. The standard InChI is InChI=1S/C18H14O3/c19-15-13-8-7-11-10-4-2-1-3-9(10)5-6-12(11)14(13)17-18(21-17)16(15)20/h1-8,15-20H/t15-,16+,17+,18-/m1/s1. The summed E-state index contributed by atoms with van der Waals surface area (Å²) in [6, 6.07) is 16.5. The van der Waals surface area contributed by atoms with Gasteiger partial charge in [-0.2, -0.15) is 0 Å². The van der Waals surface area contributed by atoms with Gasteiger partial charge in [0, 0.05) is 0 Å². The molecule has 0 saturated carbocycles. The van der Waals surface area contributed by atoms with Gasteiger partial charge in [0.05, 0.1) is 0 Å². The molecule has 4 atom stereocenters. The molecule has 0 unspecified atom stereocenters. The first kappa shape index (κ1) is 11.7. The van der Waals surface area contributed by atoms with E-state index in [0.29, 0.717) is 0 Å². The maximum atomic E-state index is 10.3. The summed E-state index contributed by atoms with van der Waals surface area (Å²) in [5, 5.41) is 25.0. The van der Waals surface area contributed by atoms with Crippen molar-refractivity contribution in [1.82, 2.24) is 0 Å². The first-order valence-corrected chi connectivity index (χ1v) is 7.21. The van der Waals surface area contributed by atoms with Gasteiger partial charge >= 0.3 is 0 Å². The number of rotatable bonds is 0. The summed E-state index contributed by atoms with van der Waals surface area (Å²) in [7, 11) is 0. The van der Waals surface area contributed by atoms with Crippen LogP contribution in [-0.2, 0) is 4.74 Å². The fraction of sp³-hybridized carbons (Fsp3) is 0.222. The molecule has 0 aromatic heterocycles. The minimum atomic E-state index is -0.861. The Labute approximate surface area is 121 Å². The van der Waals surface area contributed by atoms with Crippen LogP contribution in [0.25, 0.3) is 21.5 Å². The number of epoxide rings is 1. The van der Waals surface area contributed by atoms with E-state index in [9.17, 15) is 10.2 Å². The van der Waals surface area contributed by atoms with Crippen LogP contribution in [0.3, 0.4) is 0 Å². The minimum absolute atomic E-state index is 0.0803. The van der Waals surface area contributed by atoms with Crippen LogP contribution < -0.4 is 0 Å². The van der Waals surface area contributed by atoms with E-state index in [-0.39, 0.29) is 12.2 Å². The molecule has 1 heterocycles. The Kier molecular flexibility index (Phi) is 2.13. The van der Waals surface area contributed by atoms with Crippen LogP contribution in [0.2, 0.25) is 0 Å². The van der Waals surface area contributed by atoms with Crippen molar-refractivity contribution in [2.45, 2.75) is 24.4 Å². The predicted molar refractivity (Wildman–Crippen MR) is 80.0 cm³/mol. The minimum Gasteiger partial charge on any atom is -0.387 e. The number of ether oxygens (including phenoxy) is 1. The molecule has 0 amide bonds. The molecule has 1 aliphatic carbocycles. The smallest absolute Gasteiger partial charge is 0.118 e. The Morgan fingerprint density at radius 1 is 0.810 bits per heavy atom. The molecule has 0 spiro atoms. The third-order valence-electron chi connectivity index (χ3n) is 4.79. The van der Waals surface area contributed by atoms with Crippen LogP contribution in [-0.4, -0.2) is 22.4 Å². The van der Waals surface area contributed by atoms with Gasteiger partial charge in [0.15, 0.2) is 0 Å². The van der Waals surface area contributed by atoms with E-state index in [1.54, 1.807) is 0 Å². The molecule has 2 N–H and O–H groups in total. The Hall–Kier alpha value is -1.94. The zero-order valence-electron chi connectivity index (χ0n) is 11.2. The summed E-state index contributed by atoms with van der Waals surface area (Å²) in [5.41, 5.74) is 1.84. The summed E-state index contributed by atoms with van der Waals surface area (Å²) < 4.78 is 5.60. The van der Waals surface area contributed by atoms with Gasteiger partial charge < -0.3 is 14.9 Å². The lowest BCUT2D eigenvalue weighted by Crippen LogP contribution is -2.29. The molecule has 3 aromatic rings. The highest BCUT2D eigenvalue weighted by molar-refractivity contribution is 6.09. The van der Waals surface area contributed by atoms with Gasteiger partial charge in [0.25, 0.3) is 0 Å². The average Bonchev–Trinajstić information content (AvgIpc) is 3.32. The summed E-state index contributed by atoms with van der Waals surface area (Å²) in [6.07, 6.45) is -2.02. The van der Waals surface area contributed by atoms with Crippen molar-refractivity contribution >= 4 is 21.5 Å².